The second kappa shape index (κ2) is 9.73. The van der Waals surface area contributed by atoms with Crippen molar-refractivity contribution in [2.24, 2.45) is 0 Å². The van der Waals surface area contributed by atoms with Crippen molar-refractivity contribution in [2.45, 2.75) is 26.2 Å². The minimum Gasteiger partial charge on any atom is -0.376 e. The highest BCUT2D eigenvalue weighted by Gasteiger charge is 2.19. The minimum atomic E-state index is -0.202. The summed E-state index contributed by atoms with van der Waals surface area (Å²) in [7, 11) is 0. The first-order valence-corrected chi connectivity index (χ1v) is 9.88. The van der Waals surface area contributed by atoms with E-state index in [1.54, 1.807) is 43.3 Å². The minimum absolute atomic E-state index is 0.0390. The fraction of sp³-hybridized carbons (Fsp3) is 0.318. The summed E-state index contributed by atoms with van der Waals surface area (Å²) in [5.74, 6) is -0.227. The van der Waals surface area contributed by atoms with E-state index in [4.69, 9.17) is 0 Å². The van der Waals surface area contributed by atoms with Gasteiger partial charge in [-0.15, -0.1) is 0 Å². The molecule has 7 heteroatoms. The van der Waals surface area contributed by atoms with Crippen LogP contribution in [0.1, 0.15) is 36.5 Å². The number of hydrogen-bond donors (Lipinski definition) is 3. The van der Waals surface area contributed by atoms with Gasteiger partial charge >= 0.3 is 0 Å². The molecule has 1 saturated heterocycles. The normalized spacial score (nSPS) is 13.1. The van der Waals surface area contributed by atoms with Crippen LogP contribution in [0.2, 0.25) is 0 Å². The molecule has 152 valence electrons. The summed E-state index contributed by atoms with van der Waals surface area (Å²) in [5, 5.41) is 8.63. The first kappa shape index (κ1) is 20.4. The highest BCUT2D eigenvalue weighted by molar-refractivity contribution is 5.97. The van der Waals surface area contributed by atoms with E-state index in [-0.39, 0.29) is 24.3 Å². The van der Waals surface area contributed by atoms with Crippen LogP contribution in [-0.2, 0) is 9.59 Å². The number of anilines is 3. The van der Waals surface area contributed by atoms with Gasteiger partial charge in [0.15, 0.2) is 0 Å². The number of benzene rings is 2. The Hall–Kier alpha value is -3.35. The van der Waals surface area contributed by atoms with Crippen LogP contribution in [0.5, 0.6) is 0 Å². The van der Waals surface area contributed by atoms with Gasteiger partial charge in [-0.2, -0.15) is 0 Å². The monoisotopic (exact) mass is 394 g/mol. The van der Waals surface area contributed by atoms with E-state index in [0.717, 1.165) is 31.6 Å². The van der Waals surface area contributed by atoms with Crippen molar-refractivity contribution >= 4 is 34.8 Å². The van der Waals surface area contributed by atoms with Gasteiger partial charge in [0.2, 0.25) is 11.8 Å². The molecule has 0 bridgehead atoms. The number of nitrogens with one attached hydrogen (secondary N) is 3. The Morgan fingerprint density at radius 3 is 2.21 bits per heavy atom. The van der Waals surface area contributed by atoms with Crippen LogP contribution in [0.3, 0.4) is 0 Å². The lowest BCUT2D eigenvalue weighted by Gasteiger charge is -2.15. The lowest BCUT2D eigenvalue weighted by Crippen LogP contribution is -2.27. The first-order valence-electron chi connectivity index (χ1n) is 9.88. The van der Waals surface area contributed by atoms with Crippen molar-refractivity contribution in [1.82, 2.24) is 4.90 Å². The number of hydrogen-bond acceptors (Lipinski definition) is 4. The van der Waals surface area contributed by atoms with E-state index in [9.17, 15) is 14.4 Å². The Morgan fingerprint density at radius 1 is 0.862 bits per heavy atom. The molecule has 0 radical (unpaired) electrons. The summed E-state index contributed by atoms with van der Waals surface area (Å²) in [4.78, 5) is 37.9. The zero-order chi connectivity index (χ0) is 20.6. The Bertz CT molecular complexity index is 874. The Balaban J connectivity index is 1.50. The maximum Gasteiger partial charge on any atom is 0.253 e. The quantitative estimate of drug-likeness (QED) is 0.672. The molecular formula is C22H26N4O3. The smallest absolute Gasteiger partial charge is 0.253 e. The highest BCUT2D eigenvalue weighted by atomic mass is 16.2. The van der Waals surface area contributed by atoms with Crippen LogP contribution < -0.4 is 16.0 Å². The SMILES string of the molecule is CCC(=O)Nc1cccc(NCC(=O)Nc2ccc(C(=O)N3CCCC3)cc2)c1. The summed E-state index contributed by atoms with van der Waals surface area (Å²) >= 11 is 0. The summed E-state index contributed by atoms with van der Waals surface area (Å²) in [6.07, 6.45) is 2.52. The Morgan fingerprint density at radius 2 is 1.52 bits per heavy atom. The number of carbonyl (C=O) groups excluding carboxylic acids is 3. The van der Waals surface area contributed by atoms with Crippen molar-refractivity contribution in [1.29, 1.82) is 0 Å². The molecule has 0 spiro atoms. The van der Waals surface area contributed by atoms with Crippen LogP contribution in [0.4, 0.5) is 17.1 Å². The van der Waals surface area contributed by atoms with Crippen molar-refractivity contribution < 1.29 is 14.4 Å². The zero-order valence-corrected chi connectivity index (χ0v) is 16.5. The van der Waals surface area contributed by atoms with E-state index < -0.39 is 0 Å². The van der Waals surface area contributed by atoms with Crippen molar-refractivity contribution in [3.05, 3.63) is 54.1 Å². The summed E-state index contributed by atoms with van der Waals surface area (Å²) < 4.78 is 0. The van der Waals surface area contributed by atoms with Gasteiger partial charge in [-0.3, -0.25) is 14.4 Å². The maximum atomic E-state index is 12.4. The van der Waals surface area contributed by atoms with Gasteiger partial charge in [0.1, 0.15) is 0 Å². The molecular weight excluding hydrogens is 368 g/mol. The molecule has 1 aliphatic rings. The third kappa shape index (κ3) is 5.81. The van der Waals surface area contributed by atoms with Crippen LogP contribution in [0.25, 0.3) is 0 Å². The van der Waals surface area contributed by atoms with E-state index in [0.29, 0.717) is 23.4 Å². The number of amides is 3. The van der Waals surface area contributed by atoms with Gasteiger partial charge in [0.25, 0.3) is 5.91 Å². The standard InChI is InChI=1S/C22H26N4O3/c1-2-20(27)25-19-7-5-6-18(14-19)23-15-21(28)24-17-10-8-16(9-11-17)22(29)26-12-3-4-13-26/h5-11,14,23H,2-4,12-13,15H2,1H3,(H,24,28)(H,25,27). The summed E-state index contributed by atoms with van der Waals surface area (Å²) in [6.45, 7) is 3.49. The average Bonchev–Trinajstić information content (AvgIpc) is 3.27. The molecule has 1 aliphatic heterocycles. The van der Waals surface area contributed by atoms with Gasteiger partial charge in [0, 0.05) is 42.1 Å². The molecule has 0 atom stereocenters. The van der Waals surface area contributed by atoms with Gasteiger partial charge in [-0.05, 0) is 55.3 Å². The van der Waals surface area contributed by atoms with Crippen LogP contribution in [0.15, 0.2) is 48.5 Å². The molecule has 1 heterocycles. The molecule has 29 heavy (non-hydrogen) atoms. The fourth-order valence-corrected chi connectivity index (χ4v) is 3.14. The molecule has 2 aromatic rings. The summed E-state index contributed by atoms with van der Waals surface area (Å²) in [6, 6.07) is 14.2. The van der Waals surface area contributed by atoms with Gasteiger partial charge < -0.3 is 20.9 Å². The predicted molar refractivity (Wildman–Crippen MR) is 114 cm³/mol. The largest absolute Gasteiger partial charge is 0.376 e. The van der Waals surface area contributed by atoms with Gasteiger partial charge in [0.05, 0.1) is 6.54 Å². The van der Waals surface area contributed by atoms with E-state index in [1.807, 2.05) is 17.0 Å². The third-order valence-electron chi connectivity index (χ3n) is 4.73. The van der Waals surface area contributed by atoms with Crippen LogP contribution >= 0.6 is 0 Å². The van der Waals surface area contributed by atoms with Crippen molar-refractivity contribution in [3.8, 4) is 0 Å². The van der Waals surface area contributed by atoms with E-state index >= 15 is 0 Å². The van der Waals surface area contributed by atoms with Crippen LogP contribution in [-0.4, -0.2) is 42.3 Å². The molecule has 0 aliphatic carbocycles. The second-order valence-corrected chi connectivity index (χ2v) is 6.96. The lowest BCUT2D eigenvalue weighted by atomic mass is 10.2. The number of rotatable bonds is 7. The average molecular weight is 394 g/mol. The molecule has 3 amide bonds. The molecule has 0 saturated carbocycles. The molecule has 3 N–H and O–H groups in total. The lowest BCUT2D eigenvalue weighted by molar-refractivity contribution is -0.116. The number of nitrogens with zero attached hydrogens (tertiary/aromatic N) is 1. The first-order chi connectivity index (χ1) is 14.0. The number of likely N-dealkylation sites (tertiary alicyclic amines) is 1. The van der Waals surface area contributed by atoms with E-state index in [2.05, 4.69) is 16.0 Å². The van der Waals surface area contributed by atoms with E-state index in [1.165, 1.54) is 0 Å². The molecule has 7 nitrogen and oxygen atoms in total. The van der Waals surface area contributed by atoms with Crippen molar-refractivity contribution in [3.63, 3.8) is 0 Å². The number of carbonyl (C=O) groups is 3. The molecule has 2 aromatic carbocycles. The maximum absolute atomic E-state index is 12.4. The molecule has 0 unspecified atom stereocenters. The third-order valence-corrected chi connectivity index (χ3v) is 4.73. The Labute approximate surface area is 170 Å². The zero-order valence-electron chi connectivity index (χ0n) is 16.5. The molecule has 0 aromatic heterocycles. The molecule has 1 fully saturated rings. The van der Waals surface area contributed by atoms with Gasteiger partial charge in [-0.1, -0.05) is 13.0 Å². The second-order valence-electron chi connectivity index (χ2n) is 6.96. The van der Waals surface area contributed by atoms with Gasteiger partial charge in [-0.25, -0.2) is 0 Å². The highest BCUT2D eigenvalue weighted by Crippen LogP contribution is 2.17. The van der Waals surface area contributed by atoms with Crippen molar-refractivity contribution in [2.75, 3.05) is 35.6 Å². The Kier molecular flexibility index (Phi) is 6.84. The van der Waals surface area contributed by atoms with Crippen LogP contribution in [0, 0.1) is 0 Å². The fourth-order valence-electron chi connectivity index (χ4n) is 3.14. The predicted octanol–water partition coefficient (Wildman–Crippen LogP) is 3.32. The topological polar surface area (TPSA) is 90.5 Å². The molecule has 3 rings (SSSR count). The summed E-state index contributed by atoms with van der Waals surface area (Å²) in [5.41, 5.74) is 2.69.